The maximum Gasteiger partial charge on any atom is 0.137 e. The van der Waals surface area contributed by atoms with Gasteiger partial charge < -0.3 is 0 Å². The highest BCUT2D eigenvalue weighted by molar-refractivity contribution is 5.89. The van der Waals surface area contributed by atoms with E-state index in [-0.39, 0.29) is 0 Å². The molecule has 68 valence electrons. The second-order valence-electron chi connectivity index (χ2n) is 4.83. The first-order valence-electron chi connectivity index (χ1n) is 5.19. The monoisotopic (exact) mass is 166 g/mol. The van der Waals surface area contributed by atoms with Crippen LogP contribution < -0.4 is 0 Å². The Kier molecular flexibility index (Phi) is 1.78. The van der Waals surface area contributed by atoms with Crippen LogP contribution in [0.25, 0.3) is 0 Å². The average Bonchev–Trinajstić information content (AvgIpc) is 2.02. The third-order valence-corrected chi connectivity index (χ3v) is 4.12. The van der Waals surface area contributed by atoms with E-state index in [0.717, 1.165) is 6.42 Å². The molecule has 2 aliphatic carbocycles. The van der Waals surface area contributed by atoms with Gasteiger partial charge in [-0.2, -0.15) is 0 Å². The molecule has 1 nitrogen and oxygen atoms in total. The molecule has 2 atom stereocenters. The molecule has 12 heavy (non-hydrogen) atoms. The maximum atomic E-state index is 11.4. The average molecular weight is 166 g/mol. The van der Waals surface area contributed by atoms with E-state index in [1.165, 1.54) is 25.7 Å². The van der Waals surface area contributed by atoms with Crippen molar-refractivity contribution in [2.24, 2.45) is 17.3 Å². The first kappa shape index (κ1) is 8.28. The zero-order valence-corrected chi connectivity index (χ0v) is 8.10. The predicted molar refractivity (Wildman–Crippen MR) is 48.9 cm³/mol. The first-order chi connectivity index (χ1) is 5.67. The van der Waals surface area contributed by atoms with Gasteiger partial charge in [0, 0.05) is 12.3 Å². The summed E-state index contributed by atoms with van der Waals surface area (Å²) in [5.41, 5.74) is 0.440. The molecule has 0 aromatic carbocycles. The van der Waals surface area contributed by atoms with E-state index in [2.05, 4.69) is 13.8 Å². The van der Waals surface area contributed by atoms with E-state index in [0.29, 0.717) is 23.0 Å². The minimum Gasteiger partial charge on any atom is -0.299 e. The van der Waals surface area contributed by atoms with E-state index in [1.807, 2.05) is 0 Å². The minimum absolute atomic E-state index is 0.440. The number of rotatable bonds is 1. The number of ketones is 1. The van der Waals surface area contributed by atoms with Crippen LogP contribution in [0.4, 0.5) is 0 Å². The van der Waals surface area contributed by atoms with Crippen molar-refractivity contribution in [3.8, 4) is 0 Å². The number of hydrogen-bond donors (Lipinski definition) is 0. The number of Topliss-reactive ketones (excluding diaryl/α,β-unsaturated/α-hetero) is 1. The van der Waals surface area contributed by atoms with Crippen molar-refractivity contribution in [1.29, 1.82) is 0 Å². The van der Waals surface area contributed by atoms with Gasteiger partial charge >= 0.3 is 0 Å². The van der Waals surface area contributed by atoms with E-state index < -0.39 is 0 Å². The molecule has 0 heterocycles. The Balaban J connectivity index is 2.18. The van der Waals surface area contributed by atoms with Gasteiger partial charge in [0.1, 0.15) is 5.78 Å². The third kappa shape index (κ3) is 0.884. The number of hydrogen-bond acceptors (Lipinski definition) is 1. The molecule has 0 aliphatic heterocycles. The molecule has 2 unspecified atom stereocenters. The van der Waals surface area contributed by atoms with Crippen LogP contribution in [0, 0.1) is 17.3 Å². The van der Waals surface area contributed by atoms with Crippen LogP contribution in [0.3, 0.4) is 0 Å². The van der Waals surface area contributed by atoms with Crippen molar-refractivity contribution in [2.75, 3.05) is 0 Å². The van der Waals surface area contributed by atoms with Gasteiger partial charge in [-0.3, -0.25) is 4.79 Å². The van der Waals surface area contributed by atoms with E-state index >= 15 is 0 Å². The molecule has 2 fully saturated rings. The van der Waals surface area contributed by atoms with Gasteiger partial charge in [0.25, 0.3) is 0 Å². The summed E-state index contributed by atoms with van der Waals surface area (Å²) >= 11 is 0. The standard InChI is InChI=1S/C11H18O/c1-8(2)11-6-4-3-5-9(11)10(12)7-11/h8-9H,3-7H2,1-2H3. The Morgan fingerprint density at radius 3 is 2.67 bits per heavy atom. The Morgan fingerprint density at radius 1 is 1.42 bits per heavy atom. The van der Waals surface area contributed by atoms with Gasteiger partial charge in [-0.15, -0.1) is 0 Å². The first-order valence-corrected chi connectivity index (χ1v) is 5.19. The van der Waals surface area contributed by atoms with Gasteiger partial charge in [-0.1, -0.05) is 26.7 Å². The normalized spacial score (nSPS) is 40.9. The SMILES string of the molecule is CC(C)C12CCCCC1C(=O)C2. The van der Waals surface area contributed by atoms with Crippen LogP contribution in [0.2, 0.25) is 0 Å². The van der Waals surface area contributed by atoms with Gasteiger partial charge in [-0.05, 0) is 24.2 Å². The Bertz CT molecular complexity index is 207. The fourth-order valence-corrected chi connectivity index (χ4v) is 3.17. The topological polar surface area (TPSA) is 17.1 Å². The third-order valence-electron chi connectivity index (χ3n) is 4.12. The summed E-state index contributed by atoms with van der Waals surface area (Å²) in [6, 6.07) is 0. The van der Waals surface area contributed by atoms with Crippen molar-refractivity contribution >= 4 is 5.78 Å². The molecule has 0 N–H and O–H groups in total. The summed E-state index contributed by atoms with van der Waals surface area (Å²) in [6.07, 6.45) is 6.00. The quantitative estimate of drug-likeness (QED) is 0.585. The molecule has 0 spiro atoms. The van der Waals surface area contributed by atoms with Crippen molar-refractivity contribution in [3.05, 3.63) is 0 Å². The minimum atomic E-state index is 0.440. The zero-order chi connectivity index (χ0) is 8.77. The number of fused-ring (bicyclic) bond motifs is 1. The summed E-state index contributed by atoms with van der Waals surface area (Å²) in [5, 5.41) is 0. The second-order valence-corrected chi connectivity index (χ2v) is 4.83. The van der Waals surface area contributed by atoms with Gasteiger partial charge in [-0.25, -0.2) is 0 Å². The van der Waals surface area contributed by atoms with Gasteiger partial charge in [0.05, 0.1) is 0 Å². The van der Waals surface area contributed by atoms with Crippen LogP contribution in [0.15, 0.2) is 0 Å². The highest BCUT2D eigenvalue weighted by atomic mass is 16.1. The Morgan fingerprint density at radius 2 is 2.17 bits per heavy atom. The lowest BCUT2D eigenvalue weighted by Crippen LogP contribution is -2.53. The summed E-state index contributed by atoms with van der Waals surface area (Å²) in [4.78, 5) is 11.4. The fraction of sp³-hybridized carbons (Fsp3) is 0.909. The van der Waals surface area contributed by atoms with Crippen molar-refractivity contribution in [3.63, 3.8) is 0 Å². The predicted octanol–water partition coefficient (Wildman–Crippen LogP) is 2.79. The number of carbonyl (C=O) groups is 1. The lowest BCUT2D eigenvalue weighted by Gasteiger charge is -2.54. The van der Waals surface area contributed by atoms with Gasteiger partial charge in [0.15, 0.2) is 0 Å². The molecule has 0 radical (unpaired) electrons. The summed E-state index contributed by atoms with van der Waals surface area (Å²) in [5.74, 6) is 1.70. The molecule has 0 bridgehead atoms. The highest BCUT2D eigenvalue weighted by Gasteiger charge is 2.55. The van der Waals surface area contributed by atoms with Crippen molar-refractivity contribution in [1.82, 2.24) is 0 Å². The van der Waals surface area contributed by atoms with Gasteiger partial charge in [0.2, 0.25) is 0 Å². The van der Waals surface area contributed by atoms with E-state index in [1.54, 1.807) is 0 Å². The van der Waals surface area contributed by atoms with Crippen LogP contribution in [-0.2, 0) is 4.79 Å². The molecule has 2 rings (SSSR count). The Hall–Kier alpha value is -0.330. The molecule has 0 aromatic rings. The second kappa shape index (κ2) is 2.58. The largest absolute Gasteiger partial charge is 0.299 e. The van der Waals surface area contributed by atoms with Crippen LogP contribution in [0.1, 0.15) is 46.0 Å². The molecule has 0 amide bonds. The van der Waals surface area contributed by atoms with Crippen LogP contribution in [-0.4, -0.2) is 5.78 Å². The molecule has 1 heteroatoms. The molecular formula is C11H18O. The van der Waals surface area contributed by atoms with Crippen LogP contribution in [0.5, 0.6) is 0 Å². The molecule has 0 aromatic heterocycles. The molecular weight excluding hydrogens is 148 g/mol. The molecule has 2 aliphatic rings. The van der Waals surface area contributed by atoms with E-state index in [9.17, 15) is 4.79 Å². The lowest BCUT2D eigenvalue weighted by molar-refractivity contribution is -0.152. The van der Waals surface area contributed by atoms with Crippen molar-refractivity contribution in [2.45, 2.75) is 46.0 Å². The summed E-state index contributed by atoms with van der Waals surface area (Å²) < 4.78 is 0. The molecule has 0 saturated heterocycles. The smallest absolute Gasteiger partial charge is 0.137 e. The Labute approximate surface area is 74.5 Å². The highest BCUT2D eigenvalue weighted by Crippen LogP contribution is 2.57. The summed E-state index contributed by atoms with van der Waals surface area (Å²) in [7, 11) is 0. The summed E-state index contributed by atoms with van der Waals surface area (Å²) in [6.45, 7) is 4.57. The molecule has 2 saturated carbocycles. The maximum absolute atomic E-state index is 11.4. The van der Waals surface area contributed by atoms with Crippen LogP contribution >= 0.6 is 0 Å². The zero-order valence-electron chi connectivity index (χ0n) is 8.10. The van der Waals surface area contributed by atoms with Crippen molar-refractivity contribution < 1.29 is 4.79 Å². The lowest BCUT2D eigenvalue weighted by atomic mass is 9.49. The van der Waals surface area contributed by atoms with E-state index in [4.69, 9.17) is 0 Å². The number of carbonyl (C=O) groups excluding carboxylic acids is 1. The fourth-order valence-electron chi connectivity index (χ4n) is 3.17.